The molecule has 5 nitrogen and oxygen atoms in total. The van der Waals surface area contributed by atoms with Crippen molar-refractivity contribution in [2.45, 2.75) is 45.1 Å². The summed E-state index contributed by atoms with van der Waals surface area (Å²) < 4.78 is 7.07. The Balaban J connectivity index is 1.80. The zero-order valence-electron chi connectivity index (χ0n) is 13.9. The number of carbonyl (C=O) groups is 1. The van der Waals surface area contributed by atoms with Gasteiger partial charge in [-0.2, -0.15) is 5.10 Å². The predicted molar refractivity (Wildman–Crippen MR) is 90.3 cm³/mol. The second kappa shape index (κ2) is 5.23. The smallest absolute Gasteiger partial charge is 0.361 e. The minimum Gasteiger partial charge on any atom is -0.506 e. The number of esters is 1. The van der Waals surface area contributed by atoms with Crippen LogP contribution in [0.1, 0.15) is 36.9 Å². The molecule has 0 atom stereocenters. The summed E-state index contributed by atoms with van der Waals surface area (Å²) in [6.45, 7) is 3.90. The molecular formula is C19H20N2O3. The lowest BCUT2D eigenvalue weighted by molar-refractivity contribution is -0.146. The fourth-order valence-electron chi connectivity index (χ4n) is 3.70. The lowest BCUT2D eigenvalue weighted by Gasteiger charge is -2.21. The number of hydrogen-bond donors (Lipinski definition) is 1. The van der Waals surface area contributed by atoms with E-state index in [-0.39, 0.29) is 11.5 Å². The molecule has 2 heterocycles. The van der Waals surface area contributed by atoms with Gasteiger partial charge in [-0.3, -0.25) is 0 Å². The van der Waals surface area contributed by atoms with Gasteiger partial charge in [0.25, 0.3) is 0 Å². The summed E-state index contributed by atoms with van der Waals surface area (Å²) in [6.07, 6.45) is 3.27. The molecule has 1 spiro atoms. The first kappa shape index (κ1) is 15.0. The molecule has 0 amide bonds. The van der Waals surface area contributed by atoms with Crippen LogP contribution in [0.15, 0.2) is 36.1 Å². The van der Waals surface area contributed by atoms with Crippen LogP contribution in [0.25, 0.3) is 17.0 Å². The molecule has 2 aromatic rings. The van der Waals surface area contributed by atoms with Gasteiger partial charge in [0, 0.05) is 11.3 Å². The van der Waals surface area contributed by atoms with E-state index in [4.69, 9.17) is 4.74 Å². The molecule has 1 N–H and O–H groups in total. The summed E-state index contributed by atoms with van der Waals surface area (Å²) in [6, 6.07) is 9.96. The average molecular weight is 324 g/mol. The number of carbonyl (C=O) groups excluding carboxylic acids is 1. The summed E-state index contributed by atoms with van der Waals surface area (Å²) in [5, 5.41) is 15.2. The maximum absolute atomic E-state index is 12.4. The zero-order valence-corrected chi connectivity index (χ0v) is 13.9. The molecule has 24 heavy (non-hydrogen) atoms. The van der Waals surface area contributed by atoms with E-state index in [9.17, 15) is 9.90 Å². The average Bonchev–Trinajstić information content (AvgIpc) is 3.21. The van der Waals surface area contributed by atoms with Crippen LogP contribution in [0.2, 0.25) is 0 Å². The number of rotatable bonds is 2. The summed E-state index contributed by atoms with van der Waals surface area (Å²) in [7, 11) is 0. The predicted octanol–water partition coefficient (Wildman–Crippen LogP) is 3.76. The van der Waals surface area contributed by atoms with E-state index in [0.29, 0.717) is 12.8 Å². The fraction of sp³-hybridized carbons (Fsp3) is 0.368. The van der Waals surface area contributed by atoms with Crippen molar-refractivity contribution in [3.8, 4) is 11.3 Å². The summed E-state index contributed by atoms with van der Waals surface area (Å²) in [5.74, 6) is -0.455. The first-order valence-electron chi connectivity index (χ1n) is 8.31. The second-order valence-electron chi connectivity index (χ2n) is 6.74. The van der Waals surface area contributed by atoms with Crippen molar-refractivity contribution in [1.29, 1.82) is 0 Å². The molecule has 5 heteroatoms. The first-order chi connectivity index (χ1) is 11.5. The van der Waals surface area contributed by atoms with Crippen molar-refractivity contribution >= 4 is 11.7 Å². The summed E-state index contributed by atoms with van der Waals surface area (Å²) in [5.41, 5.74) is 3.03. The Morgan fingerprint density at radius 3 is 2.67 bits per heavy atom. The Labute approximate surface area is 140 Å². The fourth-order valence-corrected chi connectivity index (χ4v) is 3.70. The largest absolute Gasteiger partial charge is 0.506 e. The minimum absolute atomic E-state index is 0.0343. The molecule has 0 radical (unpaired) electrons. The van der Waals surface area contributed by atoms with Crippen LogP contribution in [0.3, 0.4) is 0 Å². The maximum Gasteiger partial charge on any atom is 0.361 e. The Kier molecular flexibility index (Phi) is 3.27. The summed E-state index contributed by atoms with van der Waals surface area (Å²) >= 11 is 0. The Morgan fingerprint density at radius 1 is 1.21 bits per heavy atom. The molecule has 1 aromatic carbocycles. The van der Waals surface area contributed by atoms with E-state index in [1.54, 1.807) is 0 Å². The van der Waals surface area contributed by atoms with Gasteiger partial charge in [0.2, 0.25) is 0 Å². The second-order valence-corrected chi connectivity index (χ2v) is 6.74. The molecule has 1 aliphatic heterocycles. The van der Waals surface area contributed by atoms with E-state index in [2.05, 4.69) is 5.10 Å². The van der Waals surface area contributed by atoms with Gasteiger partial charge in [-0.1, -0.05) is 23.8 Å². The molecule has 4 rings (SSSR count). The van der Waals surface area contributed by atoms with Gasteiger partial charge in [-0.15, -0.1) is 0 Å². The molecule has 1 saturated carbocycles. The van der Waals surface area contributed by atoms with Crippen LogP contribution >= 0.6 is 0 Å². The molecule has 2 aliphatic rings. The number of ether oxygens (including phenoxy) is 1. The van der Waals surface area contributed by atoms with E-state index in [0.717, 1.165) is 35.4 Å². The number of benzene rings is 1. The van der Waals surface area contributed by atoms with Crippen LogP contribution in [-0.2, 0) is 9.53 Å². The van der Waals surface area contributed by atoms with Crippen molar-refractivity contribution in [3.05, 3.63) is 47.3 Å². The van der Waals surface area contributed by atoms with Gasteiger partial charge in [0.05, 0.1) is 5.69 Å². The Hall–Kier alpha value is -2.56. The maximum atomic E-state index is 12.4. The highest BCUT2D eigenvalue weighted by Crippen LogP contribution is 2.45. The molecule has 1 aromatic heterocycles. The lowest BCUT2D eigenvalue weighted by Crippen LogP contribution is -2.27. The Bertz CT molecular complexity index is 857. The molecule has 0 saturated heterocycles. The van der Waals surface area contributed by atoms with Crippen LogP contribution < -0.4 is 0 Å². The van der Waals surface area contributed by atoms with E-state index >= 15 is 0 Å². The van der Waals surface area contributed by atoms with Crippen LogP contribution in [0.5, 0.6) is 0 Å². The molecule has 124 valence electrons. The quantitative estimate of drug-likeness (QED) is 0.854. The minimum atomic E-state index is -0.825. The third kappa shape index (κ3) is 2.15. The van der Waals surface area contributed by atoms with Gasteiger partial charge in [-0.05, 0) is 51.7 Å². The number of aryl methyl sites for hydroxylation is 2. The molecule has 0 bridgehead atoms. The monoisotopic (exact) mass is 324 g/mol. The van der Waals surface area contributed by atoms with Crippen LogP contribution in [0, 0.1) is 13.8 Å². The third-order valence-corrected chi connectivity index (χ3v) is 4.96. The zero-order chi connectivity index (χ0) is 16.9. The van der Waals surface area contributed by atoms with E-state index in [1.165, 1.54) is 4.68 Å². The van der Waals surface area contributed by atoms with E-state index < -0.39 is 11.6 Å². The molecule has 1 aliphatic carbocycles. The van der Waals surface area contributed by atoms with Crippen molar-refractivity contribution in [2.24, 2.45) is 0 Å². The summed E-state index contributed by atoms with van der Waals surface area (Å²) in [4.78, 5) is 12.4. The van der Waals surface area contributed by atoms with Gasteiger partial charge in [-0.25, -0.2) is 9.48 Å². The number of aromatic nitrogens is 2. The molecular weight excluding hydrogens is 304 g/mol. The lowest BCUT2D eigenvalue weighted by atomic mass is 10.0. The first-order valence-corrected chi connectivity index (χ1v) is 8.31. The highest BCUT2D eigenvalue weighted by Gasteiger charge is 2.51. The van der Waals surface area contributed by atoms with E-state index in [1.807, 2.05) is 44.2 Å². The number of aliphatic hydroxyl groups is 1. The van der Waals surface area contributed by atoms with Crippen LogP contribution in [0.4, 0.5) is 0 Å². The standard InChI is InChI=1S/C19H20N2O3/c1-12-6-5-7-14(10-12)15-11-13(2)21(20-15)16-17(22)19(24-18(16)23)8-3-4-9-19/h5-7,10-11,22H,3-4,8-9H2,1-2H3. The SMILES string of the molecule is Cc1cccc(-c2cc(C)n(C3=C(O)C4(CCCC4)OC3=O)n2)c1. The van der Waals surface area contributed by atoms with Crippen LogP contribution in [-0.4, -0.2) is 26.5 Å². The molecule has 0 unspecified atom stereocenters. The van der Waals surface area contributed by atoms with Gasteiger partial charge in [0.15, 0.2) is 17.1 Å². The van der Waals surface area contributed by atoms with Gasteiger partial charge in [0.1, 0.15) is 0 Å². The number of hydrogen-bond acceptors (Lipinski definition) is 4. The van der Waals surface area contributed by atoms with Crippen molar-refractivity contribution in [3.63, 3.8) is 0 Å². The van der Waals surface area contributed by atoms with Gasteiger partial charge >= 0.3 is 5.97 Å². The van der Waals surface area contributed by atoms with Gasteiger partial charge < -0.3 is 9.84 Å². The molecule has 1 fully saturated rings. The van der Waals surface area contributed by atoms with Crippen molar-refractivity contribution < 1.29 is 14.6 Å². The highest BCUT2D eigenvalue weighted by molar-refractivity contribution is 6.13. The number of nitrogens with zero attached hydrogens (tertiary/aromatic N) is 2. The van der Waals surface area contributed by atoms with Crippen molar-refractivity contribution in [2.75, 3.05) is 0 Å². The highest BCUT2D eigenvalue weighted by atomic mass is 16.6. The van der Waals surface area contributed by atoms with Crippen molar-refractivity contribution in [1.82, 2.24) is 9.78 Å². The number of aliphatic hydroxyl groups excluding tert-OH is 1. The third-order valence-electron chi connectivity index (χ3n) is 4.96. The normalized spacial score (nSPS) is 19.3. The Morgan fingerprint density at radius 2 is 1.96 bits per heavy atom. The topological polar surface area (TPSA) is 64.3 Å².